The van der Waals surface area contributed by atoms with E-state index in [1.54, 1.807) is 31.2 Å². The van der Waals surface area contributed by atoms with Crippen molar-refractivity contribution >= 4 is 28.4 Å². The molecule has 0 bridgehead atoms. The monoisotopic (exact) mass is 437 g/mol. The second-order valence-corrected chi connectivity index (χ2v) is 8.14. The van der Waals surface area contributed by atoms with Crippen molar-refractivity contribution in [3.05, 3.63) is 69.9 Å². The van der Waals surface area contributed by atoms with E-state index in [1.807, 2.05) is 25.1 Å². The van der Waals surface area contributed by atoms with Crippen LogP contribution in [0.2, 0.25) is 0 Å². The Balaban J connectivity index is 1.67. The van der Waals surface area contributed by atoms with Crippen molar-refractivity contribution in [1.29, 1.82) is 0 Å². The number of imide groups is 1. The average molecular weight is 437 g/mol. The van der Waals surface area contributed by atoms with E-state index < -0.39 is 23.8 Å². The molecule has 1 aliphatic rings. The Bertz CT molecular complexity index is 1260. The van der Waals surface area contributed by atoms with Gasteiger partial charge in [0, 0.05) is 24.9 Å². The number of rotatable bonds is 6. The van der Waals surface area contributed by atoms with Gasteiger partial charge in [0.05, 0.1) is 16.8 Å². The Morgan fingerprint density at radius 2 is 1.81 bits per heavy atom. The second kappa shape index (κ2) is 8.51. The summed E-state index contributed by atoms with van der Waals surface area (Å²) in [5, 5.41) is 7.84. The number of carbonyl (C=O) groups excluding carboxylic acids is 2. The van der Waals surface area contributed by atoms with E-state index >= 15 is 0 Å². The Labute approximate surface area is 184 Å². The lowest BCUT2D eigenvalue weighted by molar-refractivity contribution is -0.119. The summed E-state index contributed by atoms with van der Waals surface area (Å²) < 4.78 is 14.7. The summed E-state index contributed by atoms with van der Waals surface area (Å²) in [5.41, 5.74) is 0.901. The Morgan fingerprint density at radius 1 is 1.09 bits per heavy atom. The fourth-order valence-electron chi connectivity index (χ4n) is 3.87. The van der Waals surface area contributed by atoms with E-state index in [1.165, 1.54) is 17.0 Å². The van der Waals surface area contributed by atoms with E-state index in [2.05, 4.69) is 10.2 Å². The number of amides is 3. The summed E-state index contributed by atoms with van der Waals surface area (Å²) in [6.45, 7) is 2.60. The lowest BCUT2D eigenvalue weighted by atomic mass is 10.0. The first kappa shape index (κ1) is 21.6. The maximum absolute atomic E-state index is 14.7. The lowest BCUT2D eigenvalue weighted by Crippen LogP contribution is -2.38. The van der Waals surface area contributed by atoms with E-state index in [4.69, 9.17) is 0 Å². The average Bonchev–Trinajstić information content (AvgIpc) is 2.98. The van der Waals surface area contributed by atoms with Crippen LogP contribution < -0.4 is 10.5 Å². The molecule has 4 rings (SSSR count). The molecule has 0 aliphatic carbocycles. The van der Waals surface area contributed by atoms with Crippen LogP contribution in [0.3, 0.4) is 0 Å². The van der Waals surface area contributed by atoms with Gasteiger partial charge in [0.15, 0.2) is 0 Å². The molecule has 8 nitrogen and oxygen atoms in total. The van der Waals surface area contributed by atoms with Crippen molar-refractivity contribution in [2.45, 2.75) is 19.4 Å². The number of anilines is 1. The van der Waals surface area contributed by atoms with E-state index in [0.717, 1.165) is 4.90 Å². The summed E-state index contributed by atoms with van der Waals surface area (Å²) in [5.74, 6) is -1.12. The number of fused-ring (bicyclic) bond motifs is 1. The summed E-state index contributed by atoms with van der Waals surface area (Å²) in [6.07, 6.45) is 0.292. The number of urea groups is 1. The number of aromatic nitrogens is 2. The highest BCUT2D eigenvalue weighted by Crippen LogP contribution is 2.29. The van der Waals surface area contributed by atoms with E-state index in [9.17, 15) is 18.8 Å². The van der Waals surface area contributed by atoms with Gasteiger partial charge in [0.1, 0.15) is 11.9 Å². The van der Waals surface area contributed by atoms with Gasteiger partial charge >= 0.3 is 6.03 Å². The molecule has 1 saturated heterocycles. The van der Waals surface area contributed by atoms with Gasteiger partial charge in [-0.3, -0.25) is 9.59 Å². The van der Waals surface area contributed by atoms with Gasteiger partial charge in [-0.05, 0) is 44.8 Å². The molecule has 0 spiro atoms. The molecule has 1 atom stereocenters. The zero-order valence-electron chi connectivity index (χ0n) is 18.1. The van der Waals surface area contributed by atoms with Gasteiger partial charge in [0.25, 0.3) is 11.5 Å². The third kappa shape index (κ3) is 3.87. The fraction of sp³-hybridized carbons (Fsp3) is 0.304. The summed E-state index contributed by atoms with van der Waals surface area (Å²) in [6, 6.07) is 10.2. The number of carbonyl (C=O) groups is 2. The van der Waals surface area contributed by atoms with Crippen LogP contribution in [0, 0.1) is 5.82 Å². The number of benzene rings is 2. The third-order valence-corrected chi connectivity index (χ3v) is 5.67. The Hall–Kier alpha value is -3.59. The largest absolute Gasteiger partial charge is 0.332 e. The second-order valence-electron chi connectivity index (χ2n) is 8.14. The van der Waals surface area contributed by atoms with Crippen LogP contribution in [0.15, 0.2) is 47.3 Å². The van der Waals surface area contributed by atoms with Crippen molar-refractivity contribution in [2.75, 3.05) is 32.1 Å². The topological polar surface area (TPSA) is 89.6 Å². The van der Waals surface area contributed by atoms with Crippen molar-refractivity contribution in [1.82, 2.24) is 20.0 Å². The summed E-state index contributed by atoms with van der Waals surface area (Å²) in [4.78, 5) is 42.1. The van der Waals surface area contributed by atoms with Gasteiger partial charge in [-0.2, -0.15) is 5.10 Å². The first-order valence-electron chi connectivity index (χ1n) is 10.3. The summed E-state index contributed by atoms with van der Waals surface area (Å²) >= 11 is 0. The first-order chi connectivity index (χ1) is 15.3. The first-order valence-corrected chi connectivity index (χ1v) is 10.3. The fourth-order valence-corrected chi connectivity index (χ4v) is 3.87. The standard InChI is InChI=1S/C23H24FN5O3/c1-14-22(31)29(23(32)28(14)11-10-27(2)3)20-13-15(8-9-18(20)24)12-19-16-6-4-5-7-17(16)21(30)26-25-19/h4-9,13-14H,10-12H2,1-3H3,(H,26,30). The maximum Gasteiger partial charge on any atom is 0.332 e. The van der Waals surface area contributed by atoms with Crippen LogP contribution >= 0.6 is 0 Å². The molecule has 2 heterocycles. The smallest absolute Gasteiger partial charge is 0.311 e. The Kier molecular flexibility index (Phi) is 5.75. The highest BCUT2D eigenvalue weighted by atomic mass is 19.1. The highest BCUT2D eigenvalue weighted by Gasteiger charge is 2.44. The van der Waals surface area contributed by atoms with Gasteiger partial charge in [0.2, 0.25) is 0 Å². The normalized spacial score (nSPS) is 16.6. The number of aromatic amines is 1. The number of hydrogen-bond acceptors (Lipinski definition) is 5. The number of halogens is 1. The van der Waals surface area contributed by atoms with Gasteiger partial charge < -0.3 is 9.80 Å². The molecular formula is C23H24FN5O3. The molecule has 0 saturated carbocycles. The summed E-state index contributed by atoms with van der Waals surface area (Å²) in [7, 11) is 3.75. The SMILES string of the molecule is CC1C(=O)N(c2cc(Cc3n[nH]c(=O)c4ccccc34)ccc2F)C(=O)N1CCN(C)C. The zero-order valence-corrected chi connectivity index (χ0v) is 18.1. The molecule has 3 aromatic rings. The molecule has 1 aliphatic heterocycles. The van der Waals surface area contributed by atoms with Crippen molar-refractivity contribution < 1.29 is 14.0 Å². The molecule has 0 radical (unpaired) electrons. The maximum atomic E-state index is 14.7. The number of nitrogens with zero attached hydrogens (tertiary/aromatic N) is 4. The van der Waals surface area contributed by atoms with Crippen LogP contribution in [0.4, 0.5) is 14.9 Å². The quantitative estimate of drug-likeness (QED) is 0.598. The molecule has 9 heteroatoms. The molecule has 166 valence electrons. The van der Waals surface area contributed by atoms with Crippen LogP contribution in [-0.4, -0.2) is 65.2 Å². The number of H-pyrrole nitrogens is 1. The van der Waals surface area contributed by atoms with Gasteiger partial charge in [-0.25, -0.2) is 19.2 Å². The predicted octanol–water partition coefficient (Wildman–Crippen LogP) is 2.37. The lowest BCUT2D eigenvalue weighted by Gasteiger charge is -2.21. The Morgan fingerprint density at radius 3 is 2.53 bits per heavy atom. The zero-order chi connectivity index (χ0) is 23.0. The van der Waals surface area contributed by atoms with Crippen LogP contribution in [0.1, 0.15) is 18.2 Å². The van der Waals surface area contributed by atoms with E-state index in [-0.39, 0.29) is 11.2 Å². The molecule has 1 unspecified atom stereocenters. The minimum absolute atomic E-state index is 0.0783. The number of likely N-dealkylation sites (N-methyl/N-ethyl adjacent to an activating group) is 1. The van der Waals surface area contributed by atoms with Gasteiger partial charge in [-0.1, -0.05) is 24.3 Å². The molecule has 32 heavy (non-hydrogen) atoms. The molecule has 2 aromatic carbocycles. The van der Waals surface area contributed by atoms with Crippen LogP contribution in [-0.2, 0) is 11.2 Å². The van der Waals surface area contributed by atoms with Crippen LogP contribution in [0.25, 0.3) is 10.8 Å². The van der Waals surface area contributed by atoms with Gasteiger partial charge in [-0.15, -0.1) is 0 Å². The van der Waals surface area contributed by atoms with Crippen molar-refractivity contribution in [2.24, 2.45) is 0 Å². The van der Waals surface area contributed by atoms with Crippen LogP contribution in [0.5, 0.6) is 0 Å². The molecule has 3 amide bonds. The molecular weight excluding hydrogens is 413 g/mol. The minimum atomic E-state index is -0.671. The van der Waals surface area contributed by atoms with Crippen molar-refractivity contribution in [3.63, 3.8) is 0 Å². The minimum Gasteiger partial charge on any atom is -0.311 e. The third-order valence-electron chi connectivity index (χ3n) is 5.67. The molecule has 1 aromatic heterocycles. The number of nitrogens with one attached hydrogen (secondary N) is 1. The number of hydrogen-bond donors (Lipinski definition) is 1. The highest BCUT2D eigenvalue weighted by molar-refractivity contribution is 6.21. The van der Waals surface area contributed by atoms with E-state index in [0.29, 0.717) is 41.5 Å². The van der Waals surface area contributed by atoms with Crippen molar-refractivity contribution in [3.8, 4) is 0 Å². The predicted molar refractivity (Wildman–Crippen MR) is 119 cm³/mol. The molecule has 1 N–H and O–H groups in total. The molecule has 1 fully saturated rings.